The third-order valence-electron chi connectivity index (χ3n) is 5.82. The van der Waals surface area contributed by atoms with Gasteiger partial charge in [-0.05, 0) is 41.6 Å². The van der Waals surface area contributed by atoms with Crippen molar-refractivity contribution >= 4 is 23.0 Å². The van der Waals surface area contributed by atoms with Crippen LogP contribution in [-0.4, -0.2) is 49.6 Å². The summed E-state index contributed by atoms with van der Waals surface area (Å²) in [5.74, 6) is 0.243. The van der Waals surface area contributed by atoms with Gasteiger partial charge in [-0.2, -0.15) is 0 Å². The molecule has 2 heterocycles. The Kier molecular flexibility index (Phi) is 6.88. The fourth-order valence-electron chi connectivity index (χ4n) is 4.16. The van der Waals surface area contributed by atoms with Gasteiger partial charge in [-0.3, -0.25) is 9.59 Å². The maximum atomic E-state index is 13.4. The van der Waals surface area contributed by atoms with Crippen molar-refractivity contribution in [3.63, 3.8) is 0 Å². The van der Waals surface area contributed by atoms with Crippen LogP contribution in [0.3, 0.4) is 0 Å². The minimum atomic E-state index is -0.779. The molecule has 1 N–H and O–H groups in total. The largest absolute Gasteiger partial charge is 0.503 e. The predicted molar refractivity (Wildman–Crippen MR) is 129 cm³/mol. The number of nitrogens with zero attached hydrogens (tertiary/aromatic N) is 1. The second kappa shape index (κ2) is 10.0. The van der Waals surface area contributed by atoms with Crippen molar-refractivity contribution in [3.8, 4) is 17.2 Å². The zero-order chi connectivity index (χ0) is 24.2. The smallest absolute Gasteiger partial charge is 0.290 e. The van der Waals surface area contributed by atoms with E-state index in [2.05, 4.69) is 0 Å². The van der Waals surface area contributed by atoms with Crippen LogP contribution in [0.15, 0.2) is 71.3 Å². The quantitative estimate of drug-likeness (QED) is 0.452. The highest BCUT2D eigenvalue weighted by atomic mass is 32.1. The first-order valence-corrected chi connectivity index (χ1v) is 11.5. The number of aliphatic hydroxyl groups excluding tert-OH is 1. The van der Waals surface area contributed by atoms with Crippen molar-refractivity contribution in [2.75, 3.05) is 27.9 Å². The van der Waals surface area contributed by atoms with Gasteiger partial charge < -0.3 is 24.2 Å². The first kappa shape index (κ1) is 23.4. The lowest BCUT2D eigenvalue weighted by molar-refractivity contribution is -0.129. The van der Waals surface area contributed by atoms with E-state index in [0.29, 0.717) is 34.1 Å². The maximum absolute atomic E-state index is 13.4. The molecule has 0 fully saturated rings. The van der Waals surface area contributed by atoms with Crippen LogP contribution in [0.2, 0.25) is 0 Å². The molecule has 0 spiro atoms. The number of ketones is 1. The Morgan fingerprint density at radius 1 is 0.971 bits per heavy atom. The van der Waals surface area contributed by atoms with Crippen LogP contribution in [0, 0.1) is 0 Å². The molecule has 3 aromatic rings. The number of ether oxygens (including phenoxy) is 3. The van der Waals surface area contributed by atoms with Gasteiger partial charge in [0.05, 0.1) is 37.8 Å². The molecule has 8 heteroatoms. The van der Waals surface area contributed by atoms with E-state index >= 15 is 0 Å². The number of thiophene rings is 1. The van der Waals surface area contributed by atoms with Gasteiger partial charge in [0.25, 0.3) is 5.91 Å². The number of hydrogen-bond donors (Lipinski definition) is 1. The van der Waals surface area contributed by atoms with Crippen molar-refractivity contribution in [2.45, 2.75) is 12.5 Å². The fourth-order valence-corrected chi connectivity index (χ4v) is 4.84. The minimum absolute atomic E-state index is 0.0595. The second-order valence-electron chi connectivity index (χ2n) is 7.65. The molecule has 2 aromatic carbocycles. The number of benzene rings is 2. The van der Waals surface area contributed by atoms with Gasteiger partial charge in [0.2, 0.25) is 5.78 Å². The summed E-state index contributed by atoms with van der Waals surface area (Å²) < 4.78 is 16.2. The van der Waals surface area contributed by atoms with Crippen molar-refractivity contribution in [1.29, 1.82) is 0 Å². The Labute approximate surface area is 201 Å². The van der Waals surface area contributed by atoms with E-state index in [1.54, 1.807) is 49.9 Å². The van der Waals surface area contributed by atoms with Crippen LogP contribution in [-0.2, 0) is 11.2 Å². The average Bonchev–Trinajstić information content (AvgIpc) is 3.49. The zero-order valence-corrected chi connectivity index (χ0v) is 19.9. The van der Waals surface area contributed by atoms with Crippen LogP contribution < -0.4 is 14.2 Å². The standard InChI is InChI=1S/C26H25NO6S/c1-31-18-8-5-4-7-17(18)23-22(24(28)21-9-6-14-34-21)25(29)26(30)27(23)13-12-16-10-11-19(32-2)20(15-16)33-3/h4-11,14-15,23,29H,12-13H2,1-3H3/t23-/m1/s1. The molecule has 4 rings (SSSR count). The molecule has 1 amide bonds. The van der Waals surface area contributed by atoms with Gasteiger partial charge in [-0.1, -0.05) is 30.3 Å². The molecule has 0 bridgehead atoms. The summed E-state index contributed by atoms with van der Waals surface area (Å²) in [7, 11) is 4.67. The number of rotatable bonds is 9. The van der Waals surface area contributed by atoms with Gasteiger partial charge in [0.1, 0.15) is 5.75 Å². The highest BCUT2D eigenvalue weighted by Crippen LogP contribution is 2.42. The molecular formula is C26H25NO6S. The summed E-state index contributed by atoms with van der Waals surface area (Å²) >= 11 is 1.27. The first-order chi connectivity index (χ1) is 16.5. The Balaban J connectivity index is 1.71. The summed E-state index contributed by atoms with van der Waals surface area (Å²) in [6, 6.07) is 15.4. The lowest BCUT2D eigenvalue weighted by Gasteiger charge is -2.28. The lowest BCUT2D eigenvalue weighted by atomic mass is 9.94. The molecule has 0 aliphatic carbocycles. The van der Waals surface area contributed by atoms with Gasteiger partial charge >= 0.3 is 0 Å². The fraction of sp³-hybridized carbons (Fsp3) is 0.231. The van der Waals surface area contributed by atoms with Crippen LogP contribution in [0.1, 0.15) is 26.8 Å². The molecule has 1 atom stereocenters. The zero-order valence-electron chi connectivity index (χ0n) is 19.1. The van der Waals surface area contributed by atoms with Crippen molar-refractivity contribution in [1.82, 2.24) is 4.90 Å². The van der Waals surface area contributed by atoms with Gasteiger partial charge in [0.15, 0.2) is 17.3 Å². The summed E-state index contributed by atoms with van der Waals surface area (Å²) in [6.07, 6.45) is 0.478. The summed E-state index contributed by atoms with van der Waals surface area (Å²) in [5.41, 5.74) is 1.61. The third-order valence-corrected chi connectivity index (χ3v) is 6.68. The van der Waals surface area contributed by atoms with E-state index in [-0.39, 0.29) is 17.9 Å². The van der Waals surface area contributed by atoms with Gasteiger partial charge in [-0.15, -0.1) is 11.3 Å². The molecule has 0 unspecified atom stereocenters. The highest BCUT2D eigenvalue weighted by molar-refractivity contribution is 7.12. The van der Waals surface area contributed by atoms with E-state index in [0.717, 1.165) is 5.56 Å². The number of Topliss-reactive ketones (excluding diaryl/α,β-unsaturated/α-hetero) is 1. The Morgan fingerprint density at radius 2 is 1.71 bits per heavy atom. The number of hydrogen-bond acceptors (Lipinski definition) is 7. The van der Waals surface area contributed by atoms with E-state index in [1.165, 1.54) is 23.3 Å². The van der Waals surface area contributed by atoms with Crippen molar-refractivity contribution in [2.24, 2.45) is 0 Å². The monoisotopic (exact) mass is 479 g/mol. The number of methoxy groups -OCH3 is 3. The second-order valence-corrected chi connectivity index (χ2v) is 8.60. The van der Waals surface area contributed by atoms with Crippen LogP contribution in [0.5, 0.6) is 17.2 Å². The first-order valence-electron chi connectivity index (χ1n) is 10.7. The van der Waals surface area contributed by atoms with E-state index in [9.17, 15) is 14.7 Å². The number of amides is 1. The van der Waals surface area contributed by atoms with Gasteiger partial charge in [0, 0.05) is 12.1 Å². The predicted octanol–water partition coefficient (Wildman–Crippen LogP) is 4.59. The van der Waals surface area contributed by atoms with Crippen molar-refractivity contribution < 1.29 is 28.9 Å². The number of para-hydroxylation sites is 1. The van der Waals surface area contributed by atoms with Crippen LogP contribution >= 0.6 is 11.3 Å². The number of aliphatic hydroxyl groups is 1. The topological polar surface area (TPSA) is 85.3 Å². The number of carbonyl (C=O) groups excluding carboxylic acids is 2. The minimum Gasteiger partial charge on any atom is -0.503 e. The molecule has 1 aromatic heterocycles. The Bertz CT molecular complexity index is 1230. The molecule has 0 saturated carbocycles. The summed E-state index contributed by atoms with van der Waals surface area (Å²) in [5, 5.41) is 12.6. The molecular weight excluding hydrogens is 454 g/mol. The molecule has 1 aliphatic heterocycles. The molecule has 0 radical (unpaired) electrons. The Morgan fingerprint density at radius 3 is 2.38 bits per heavy atom. The van der Waals surface area contributed by atoms with Crippen molar-refractivity contribution in [3.05, 3.63) is 87.3 Å². The van der Waals surface area contributed by atoms with Gasteiger partial charge in [-0.25, -0.2) is 0 Å². The summed E-state index contributed by atoms with van der Waals surface area (Å²) in [6.45, 7) is 0.266. The van der Waals surface area contributed by atoms with Crippen LogP contribution in [0.4, 0.5) is 0 Å². The van der Waals surface area contributed by atoms with E-state index in [4.69, 9.17) is 14.2 Å². The SMILES string of the molecule is COc1ccc(CCN2C(=O)C(O)=C(C(=O)c3cccs3)[C@H]2c2ccccc2OC)cc1OC. The number of carbonyl (C=O) groups is 2. The van der Waals surface area contributed by atoms with E-state index in [1.807, 2.05) is 24.3 Å². The lowest BCUT2D eigenvalue weighted by Crippen LogP contribution is -2.33. The molecule has 1 aliphatic rings. The third kappa shape index (κ3) is 4.24. The molecule has 7 nitrogen and oxygen atoms in total. The van der Waals surface area contributed by atoms with E-state index < -0.39 is 17.7 Å². The summed E-state index contributed by atoms with van der Waals surface area (Å²) in [4.78, 5) is 28.5. The van der Waals surface area contributed by atoms with Crippen LogP contribution in [0.25, 0.3) is 0 Å². The normalized spacial score (nSPS) is 15.6. The maximum Gasteiger partial charge on any atom is 0.290 e. The Hall–Kier alpha value is -3.78. The average molecular weight is 480 g/mol. The highest BCUT2D eigenvalue weighted by Gasteiger charge is 2.44. The molecule has 34 heavy (non-hydrogen) atoms. The molecule has 0 saturated heterocycles. The molecule has 176 valence electrons.